The van der Waals surface area contributed by atoms with Crippen LogP contribution >= 0.6 is 0 Å². The van der Waals surface area contributed by atoms with Crippen LogP contribution in [0.2, 0.25) is 0 Å². The average molecular weight is 289 g/mol. The van der Waals surface area contributed by atoms with Gasteiger partial charge in [-0.1, -0.05) is 11.6 Å². The first-order chi connectivity index (χ1) is 10.0. The summed E-state index contributed by atoms with van der Waals surface area (Å²) in [5.74, 6) is 0.872. The van der Waals surface area contributed by atoms with E-state index < -0.39 is 0 Å². The lowest BCUT2D eigenvalue weighted by Gasteiger charge is -2.33. The molecular weight excluding hydrogens is 262 g/mol. The van der Waals surface area contributed by atoms with Crippen LogP contribution < -0.4 is 5.32 Å². The zero-order chi connectivity index (χ0) is 15.4. The maximum absolute atomic E-state index is 12.7. The van der Waals surface area contributed by atoms with Gasteiger partial charge in [0.25, 0.3) is 5.91 Å². The lowest BCUT2D eigenvalue weighted by atomic mass is 9.95. The van der Waals surface area contributed by atoms with Crippen LogP contribution in [0.1, 0.15) is 28.8 Å². The second kappa shape index (κ2) is 6.94. The molecule has 1 fully saturated rings. The van der Waals surface area contributed by atoms with Gasteiger partial charge < -0.3 is 15.1 Å². The van der Waals surface area contributed by atoms with E-state index >= 15 is 0 Å². The molecule has 0 saturated carbocycles. The first-order valence-corrected chi connectivity index (χ1v) is 7.73. The van der Waals surface area contributed by atoms with Crippen molar-refractivity contribution in [2.45, 2.75) is 19.8 Å². The lowest BCUT2D eigenvalue weighted by molar-refractivity contribution is 0.0679. The molecule has 0 atom stereocenters. The van der Waals surface area contributed by atoms with Gasteiger partial charge in [0.2, 0.25) is 0 Å². The first-order valence-electron chi connectivity index (χ1n) is 7.73. The minimum Gasteiger partial charge on any atom is -0.387 e. The monoisotopic (exact) mass is 289 g/mol. The second-order valence-corrected chi connectivity index (χ2v) is 6.30. The van der Waals surface area contributed by atoms with Gasteiger partial charge >= 0.3 is 0 Å². The SMILES string of the molecule is CNc1ccc(C)cc1C(=O)N1CCC(CN(C)C)CC1. The molecule has 0 radical (unpaired) electrons. The highest BCUT2D eigenvalue weighted by Gasteiger charge is 2.25. The molecule has 0 bridgehead atoms. The lowest BCUT2D eigenvalue weighted by Crippen LogP contribution is -2.40. The van der Waals surface area contributed by atoms with E-state index in [1.165, 1.54) is 0 Å². The van der Waals surface area contributed by atoms with Crippen molar-refractivity contribution in [1.82, 2.24) is 9.80 Å². The minimum atomic E-state index is 0.159. The van der Waals surface area contributed by atoms with Gasteiger partial charge in [-0.3, -0.25) is 4.79 Å². The molecule has 1 N–H and O–H groups in total. The van der Waals surface area contributed by atoms with Crippen LogP contribution in [0.25, 0.3) is 0 Å². The zero-order valence-electron chi connectivity index (χ0n) is 13.6. The van der Waals surface area contributed by atoms with E-state index in [0.717, 1.165) is 49.3 Å². The van der Waals surface area contributed by atoms with Gasteiger partial charge in [-0.15, -0.1) is 0 Å². The number of anilines is 1. The number of rotatable bonds is 4. The molecule has 0 aliphatic carbocycles. The smallest absolute Gasteiger partial charge is 0.255 e. The highest BCUT2D eigenvalue weighted by atomic mass is 16.2. The topological polar surface area (TPSA) is 35.6 Å². The third kappa shape index (κ3) is 3.97. The van der Waals surface area contributed by atoms with Gasteiger partial charge in [-0.2, -0.15) is 0 Å². The summed E-state index contributed by atoms with van der Waals surface area (Å²) >= 11 is 0. The van der Waals surface area contributed by atoms with E-state index in [4.69, 9.17) is 0 Å². The minimum absolute atomic E-state index is 0.159. The quantitative estimate of drug-likeness (QED) is 0.925. The van der Waals surface area contributed by atoms with Gasteiger partial charge in [-0.25, -0.2) is 0 Å². The van der Waals surface area contributed by atoms with Gasteiger partial charge in [0.05, 0.1) is 5.56 Å². The molecule has 2 rings (SSSR count). The van der Waals surface area contributed by atoms with Crippen LogP contribution in [0.3, 0.4) is 0 Å². The van der Waals surface area contributed by atoms with Gasteiger partial charge in [0.15, 0.2) is 0 Å². The van der Waals surface area contributed by atoms with Gasteiger partial charge in [0.1, 0.15) is 0 Å². The van der Waals surface area contributed by atoms with E-state index in [0.29, 0.717) is 5.92 Å². The number of likely N-dealkylation sites (tertiary alicyclic amines) is 1. The van der Waals surface area contributed by atoms with Crippen LogP contribution in [-0.2, 0) is 0 Å². The summed E-state index contributed by atoms with van der Waals surface area (Å²) in [6.07, 6.45) is 2.20. The molecule has 1 aromatic carbocycles. The molecule has 0 spiro atoms. The van der Waals surface area contributed by atoms with E-state index in [1.807, 2.05) is 37.1 Å². The number of carbonyl (C=O) groups excluding carboxylic acids is 1. The number of nitrogens with zero attached hydrogens (tertiary/aromatic N) is 2. The van der Waals surface area contributed by atoms with Crippen molar-refractivity contribution in [3.8, 4) is 0 Å². The molecule has 1 heterocycles. The first kappa shape index (κ1) is 15.8. The van der Waals surface area contributed by atoms with Crippen molar-refractivity contribution in [3.63, 3.8) is 0 Å². The third-order valence-electron chi connectivity index (χ3n) is 4.20. The van der Waals surface area contributed by atoms with Crippen molar-refractivity contribution in [2.75, 3.05) is 46.1 Å². The van der Waals surface area contributed by atoms with Crippen molar-refractivity contribution in [3.05, 3.63) is 29.3 Å². The zero-order valence-corrected chi connectivity index (χ0v) is 13.6. The maximum Gasteiger partial charge on any atom is 0.255 e. The molecule has 1 saturated heterocycles. The molecular formula is C17H27N3O. The number of amides is 1. The number of carbonyl (C=O) groups is 1. The molecule has 4 nitrogen and oxygen atoms in total. The Balaban J connectivity index is 2.03. The van der Waals surface area contributed by atoms with E-state index in [1.54, 1.807) is 0 Å². The fourth-order valence-corrected chi connectivity index (χ4v) is 3.06. The highest BCUT2D eigenvalue weighted by Crippen LogP contribution is 2.23. The average Bonchev–Trinajstić information content (AvgIpc) is 2.46. The van der Waals surface area contributed by atoms with Crippen molar-refractivity contribution >= 4 is 11.6 Å². The standard InChI is InChI=1S/C17H27N3O/c1-13-5-6-16(18-2)15(11-13)17(21)20-9-7-14(8-10-20)12-19(3)4/h5-6,11,14,18H,7-10,12H2,1-4H3. The molecule has 1 aliphatic heterocycles. The second-order valence-electron chi connectivity index (χ2n) is 6.30. The van der Waals surface area contributed by atoms with Crippen LogP contribution in [-0.4, -0.2) is 56.5 Å². The highest BCUT2D eigenvalue weighted by molar-refractivity contribution is 5.99. The summed E-state index contributed by atoms with van der Waals surface area (Å²) in [5, 5.41) is 3.12. The third-order valence-corrected chi connectivity index (χ3v) is 4.20. The summed E-state index contributed by atoms with van der Waals surface area (Å²) in [5.41, 5.74) is 2.84. The predicted octanol–water partition coefficient (Wildman–Crippen LogP) is 2.45. The molecule has 1 aromatic rings. The number of nitrogens with one attached hydrogen (secondary N) is 1. The van der Waals surface area contributed by atoms with Crippen LogP contribution in [0.15, 0.2) is 18.2 Å². The predicted molar refractivity (Wildman–Crippen MR) is 87.9 cm³/mol. The normalized spacial score (nSPS) is 16.3. The summed E-state index contributed by atoms with van der Waals surface area (Å²) in [4.78, 5) is 17.0. The summed E-state index contributed by atoms with van der Waals surface area (Å²) in [7, 11) is 6.09. The van der Waals surface area contributed by atoms with E-state index in [2.05, 4.69) is 24.3 Å². The summed E-state index contributed by atoms with van der Waals surface area (Å²) in [6, 6.07) is 6.01. The molecule has 1 amide bonds. The van der Waals surface area contributed by atoms with Crippen molar-refractivity contribution in [1.29, 1.82) is 0 Å². The number of hydrogen-bond donors (Lipinski definition) is 1. The Hall–Kier alpha value is -1.55. The molecule has 1 aliphatic rings. The van der Waals surface area contributed by atoms with Crippen molar-refractivity contribution < 1.29 is 4.79 Å². The number of piperidine rings is 1. The van der Waals surface area contributed by atoms with Crippen LogP contribution in [0, 0.1) is 12.8 Å². The Kier molecular flexibility index (Phi) is 5.23. The Morgan fingerprint density at radius 2 is 2.00 bits per heavy atom. The van der Waals surface area contributed by atoms with Gasteiger partial charge in [0, 0.05) is 32.4 Å². The summed E-state index contributed by atoms with van der Waals surface area (Å²) in [6.45, 7) is 4.89. The van der Waals surface area contributed by atoms with E-state index in [-0.39, 0.29) is 5.91 Å². The Bertz CT molecular complexity index is 491. The molecule has 21 heavy (non-hydrogen) atoms. The Morgan fingerprint density at radius 3 is 2.57 bits per heavy atom. The van der Waals surface area contributed by atoms with Gasteiger partial charge in [-0.05, 0) is 51.9 Å². The molecule has 116 valence electrons. The molecule has 4 heteroatoms. The fraction of sp³-hybridized carbons (Fsp3) is 0.588. The van der Waals surface area contributed by atoms with E-state index in [9.17, 15) is 4.79 Å². The van der Waals surface area contributed by atoms with Crippen LogP contribution in [0.5, 0.6) is 0 Å². The Labute approximate surface area is 128 Å². The molecule has 0 unspecified atom stereocenters. The van der Waals surface area contributed by atoms with Crippen LogP contribution in [0.4, 0.5) is 5.69 Å². The number of aryl methyl sites for hydroxylation is 1. The Morgan fingerprint density at radius 1 is 1.33 bits per heavy atom. The van der Waals surface area contributed by atoms with Crippen molar-refractivity contribution in [2.24, 2.45) is 5.92 Å². The fourth-order valence-electron chi connectivity index (χ4n) is 3.06. The number of hydrogen-bond acceptors (Lipinski definition) is 3. The summed E-state index contributed by atoms with van der Waals surface area (Å²) < 4.78 is 0. The number of benzene rings is 1. The largest absolute Gasteiger partial charge is 0.387 e. The molecule has 0 aromatic heterocycles. The maximum atomic E-state index is 12.7.